The molecule has 0 saturated carbocycles. The van der Waals surface area contributed by atoms with Gasteiger partial charge in [-0.15, -0.1) is 0 Å². The molecule has 4 nitrogen and oxygen atoms in total. The van der Waals surface area contributed by atoms with Crippen LogP contribution < -0.4 is 0 Å². The lowest BCUT2D eigenvalue weighted by Crippen LogP contribution is -2.27. The highest BCUT2D eigenvalue weighted by atomic mass is 16.4. The van der Waals surface area contributed by atoms with Crippen LogP contribution in [0.2, 0.25) is 0 Å². The van der Waals surface area contributed by atoms with Crippen LogP contribution in [0.15, 0.2) is 0 Å². The Morgan fingerprint density at radius 1 is 1.60 bits per heavy atom. The average molecular weight is 215 g/mol. The molecular formula is C11H21NO3. The van der Waals surface area contributed by atoms with Crippen molar-refractivity contribution in [3.8, 4) is 0 Å². The van der Waals surface area contributed by atoms with Crippen molar-refractivity contribution >= 4 is 5.97 Å². The number of aliphatic hydroxyl groups is 1. The topological polar surface area (TPSA) is 60.8 Å². The van der Waals surface area contributed by atoms with E-state index in [9.17, 15) is 4.79 Å². The third-order valence-corrected chi connectivity index (χ3v) is 3.02. The van der Waals surface area contributed by atoms with Crippen LogP contribution in [0.1, 0.15) is 26.2 Å². The summed E-state index contributed by atoms with van der Waals surface area (Å²) in [6, 6.07) is 0. The smallest absolute Gasteiger partial charge is 0.303 e. The standard InChI is InChI=1S/C11H21NO3/c1-9(8-13)6-12-5-4-10(7-12)2-3-11(14)15/h9-10,13H,2-8H2,1H3,(H,14,15). The number of hydrogen-bond donors (Lipinski definition) is 2. The minimum Gasteiger partial charge on any atom is -0.481 e. The second kappa shape index (κ2) is 6.08. The van der Waals surface area contributed by atoms with Gasteiger partial charge in [-0.25, -0.2) is 0 Å². The van der Waals surface area contributed by atoms with Gasteiger partial charge in [0.15, 0.2) is 0 Å². The lowest BCUT2D eigenvalue weighted by atomic mass is 10.0. The molecule has 1 heterocycles. The summed E-state index contributed by atoms with van der Waals surface area (Å²) < 4.78 is 0. The normalized spacial score (nSPS) is 24.3. The van der Waals surface area contributed by atoms with Crippen LogP contribution >= 0.6 is 0 Å². The SMILES string of the molecule is CC(CO)CN1CCC(CCC(=O)O)C1. The third kappa shape index (κ3) is 4.62. The minimum atomic E-state index is -0.697. The number of rotatable bonds is 6. The van der Waals surface area contributed by atoms with E-state index in [1.807, 2.05) is 6.92 Å². The van der Waals surface area contributed by atoms with E-state index in [1.165, 1.54) is 0 Å². The van der Waals surface area contributed by atoms with Crippen LogP contribution in [-0.4, -0.2) is 47.3 Å². The Balaban J connectivity index is 2.17. The van der Waals surface area contributed by atoms with Gasteiger partial charge in [0.25, 0.3) is 0 Å². The number of aliphatic carboxylic acids is 1. The summed E-state index contributed by atoms with van der Waals surface area (Å²) in [5, 5.41) is 17.5. The number of carbonyl (C=O) groups is 1. The number of hydrogen-bond acceptors (Lipinski definition) is 3. The van der Waals surface area contributed by atoms with Crippen molar-refractivity contribution in [1.82, 2.24) is 4.90 Å². The predicted octanol–water partition coefficient (Wildman–Crippen LogP) is 0.802. The second-order valence-corrected chi connectivity index (χ2v) is 4.63. The van der Waals surface area contributed by atoms with Gasteiger partial charge in [-0.2, -0.15) is 0 Å². The maximum Gasteiger partial charge on any atom is 0.303 e. The van der Waals surface area contributed by atoms with Crippen LogP contribution in [0.3, 0.4) is 0 Å². The number of aliphatic hydroxyl groups excluding tert-OH is 1. The summed E-state index contributed by atoms with van der Waals surface area (Å²) in [6.45, 7) is 5.24. The van der Waals surface area contributed by atoms with Gasteiger partial charge < -0.3 is 15.1 Å². The lowest BCUT2D eigenvalue weighted by molar-refractivity contribution is -0.137. The number of carboxylic acid groups (broad SMARTS) is 1. The summed E-state index contributed by atoms with van der Waals surface area (Å²) in [7, 11) is 0. The van der Waals surface area contributed by atoms with E-state index in [0.29, 0.717) is 11.8 Å². The third-order valence-electron chi connectivity index (χ3n) is 3.02. The Labute approximate surface area is 90.9 Å². The summed E-state index contributed by atoms with van der Waals surface area (Å²) >= 11 is 0. The molecule has 88 valence electrons. The Bertz CT molecular complexity index is 208. The van der Waals surface area contributed by atoms with Gasteiger partial charge in [0.2, 0.25) is 0 Å². The molecule has 0 aromatic rings. The highest BCUT2D eigenvalue weighted by molar-refractivity contribution is 5.66. The fraction of sp³-hybridized carbons (Fsp3) is 0.909. The molecule has 1 aliphatic rings. The first-order valence-electron chi connectivity index (χ1n) is 5.66. The molecule has 4 heteroatoms. The average Bonchev–Trinajstić information content (AvgIpc) is 2.62. The first kappa shape index (κ1) is 12.5. The highest BCUT2D eigenvalue weighted by Crippen LogP contribution is 2.21. The predicted molar refractivity (Wildman–Crippen MR) is 57.7 cm³/mol. The molecule has 1 rings (SSSR count). The van der Waals surface area contributed by atoms with E-state index >= 15 is 0 Å². The molecule has 0 bridgehead atoms. The van der Waals surface area contributed by atoms with E-state index < -0.39 is 5.97 Å². The molecule has 1 saturated heterocycles. The molecule has 2 atom stereocenters. The van der Waals surface area contributed by atoms with Crippen molar-refractivity contribution in [2.75, 3.05) is 26.2 Å². The lowest BCUT2D eigenvalue weighted by Gasteiger charge is -2.19. The Morgan fingerprint density at radius 3 is 2.93 bits per heavy atom. The largest absolute Gasteiger partial charge is 0.481 e. The molecule has 0 amide bonds. The quantitative estimate of drug-likeness (QED) is 0.688. The first-order chi connectivity index (χ1) is 7.11. The fourth-order valence-corrected chi connectivity index (χ4v) is 2.14. The van der Waals surface area contributed by atoms with Crippen LogP contribution in [0.4, 0.5) is 0 Å². The van der Waals surface area contributed by atoms with Gasteiger partial charge in [-0.05, 0) is 31.2 Å². The molecule has 0 aromatic heterocycles. The summed E-state index contributed by atoms with van der Waals surface area (Å²) in [5.74, 6) is 0.160. The monoisotopic (exact) mass is 215 g/mol. The van der Waals surface area contributed by atoms with Gasteiger partial charge in [0.05, 0.1) is 0 Å². The number of likely N-dealkylation sites (tertiary alicyclic amines) is 1. The molecule has 2 unspecified atom stereocenters. The van der Waals surface area contributed by atoms with E-state index in [0.717, 1.165) is 32.5 Å². The molecule has 0 aliphatic carbocycles. The van der Waals surface area contributed by atoms with E-state index in [-0.39, 0.29) is 13.0 Å². The number of nitrogens with zero attached hydrogens (tertiary/aromatic N) is 1. The molecule has 0 spiro atoms. The van der Waals surface area contributed by atoms with E-state index in [1.54, 1.807) is 0 Å². The second-order valence-electron chi connectivity index (χ2n) is 4.63. The van der Waals surface area contributed by atoms with Crippen LogP contribution in [0.5, 0.6) is 0 Å². The first-order valence-corrected chi connectivity index (χ1v) is 5.66. The maximum absolute atomic E-state index is 10.4. The number of carboxylic acids is 1. The molecule has 15 heavy (non-hydrogen) atoms. The van der Waals surface area contributed by atoms with Crippen molar-refractivity contribution in [2.45, 2.75) is 26.2 Å². The van der Waals surface area contributed by atoms with Gasteiger partial charge in [-0.1, -0.05) is 6.92 Å². The minimum absolute atomic E-state index is 0.232. The zero-order valence-electron chi connectivity index (χ0n) is 9.35. The van der Waals surface area contributed by atoms with Gasteiger partial charge in [0.1, 0.15) is 0 Å². The molecular weight excluding hydrogens is 194 g/mol. The molecule has 1 fully saturated rings. The zero-order chi connectivity index (χ0) is 11.3. The van der Waals surface area contributed by atoms with Gasteiger partial charge >= 0.3 is 5.97 Å². The van der Waals surface area contributed by atoms with E-state index in [4.69, 9.17) is 10.2 Å². The van der Waals surface area contributed by atoms with Gasteiger partial charge in [-0.3, -0.25) is 4.79 Å². The Hall–Kier alpha value is -0.610. The Kier molecular flexibility index (Phi) is 5.05. The molecule has 0 aromatic carbocycles. The van der Waals surface area contributed by atoms with Gasteiger partial charge in [0, 0.05) is 26.1 Å². The molecule has 2 N–H and O–H groups in total. The molecule has 0 radical (unpaired) electrons. The van der Waals surface area contributed by atoms with Crippen LogP contribution in [-0.2, 0) is 4.79 Å². The van der Waals surface area contributed by atoms with Crippen molar-refractivity contribution < 1.29 is 15.0 Å². The van der Waals surface area contributed by atoms with Crippen LogP contribution in [0, 0.1) is 11.8 Å². The zero-order valence-corrected chi connectivity index (χ0v) is 9.35. The van der Waals surface area contributed by atoms with Crippen molar-refractivity contribution in [2.24, 2.45) is 11.8 Å². The summed E-state index contributed by atoms with van der Waals surface area (Å²) in [4.78, 5) is 12.7. The Morgan fingerprint density at radius 2 is 2.33 bits per heavy atom. The van der Waals surface area contributed by atoms with Crippen molar-refractivity contribution in [3.05, 3.63) is 0 Å². The van der Waals surface area contributed by atoms with E-state index in [2.05, 4.69) is 4.90 Å². The summed E-state index contributed by atoms with van der Waals surface area (Å²) in [5.41, 5.74) is 0. The van der Waals surface area contributed by atoms with Crippen molar-refractivity contribution in [1.29, 1.82) is 0 Å². The summed E-state index contributed by atoms with van der Waals surface area (Å²) in [6.07, 6.45) is 2.18. The fourth-order valence-electron chi connectivity index (χ4n) is 2.14. The molecule has 1 aliphatic heterocycles. The highest BCUT2D eigenvalue weighted by Gasteiger charge is 2.23. The maximum atomic E-state index is 10.4. The van der Waals surface area contributed by atoms with Crippen LogP contribution in [0.25, 0.3) is 0 Å². The van der Waals surface area contributed by atoms with Crippen molar-refractivity contribution in [3.63, 3.8) is 0 Å².